The van der Waals surface area contributed by atoms with Crippen LogP contribution >= 0.6 is 23.2 Å². The van der Waals surface area contributed by atoms with Crippen molar-refractivity contribution in [1.29, 1.82) is 0 Å². The highest BCUT2D eigenvalue weighted by atomic mass is 35.5. The summed E-state index contributed by atoms with van der Waals surface area (Å²) in [5, 5.41) is 3.07. The second-order valence-electron chi connectivity index (χ2n) is 5.89. The third-order valence-electron chi connectivity index (χ3n) is 3.75. The predicted octanol–water partition coefficient (Wildman–Crippen LogP) is 3.58. The van der Waals surface area contributed by atoms with Gasteiger partial charge in [0.25, 0.3) is 11.7 Å². The van der Waals surface area contributed by atoms with Crippen molar-refractivity contribution < 1.29 is 32.3 Å². The van der Waals surface area contributed by atoms with E-state index in [4.69, 9.17) is 27.9 Å². The van der Waals surface area contributed by atoms with Crippen LogP contribution in [-0.2, 0) is 19.1 Å². The first-order valence-electron chi connectivity index (χ1n) is 8.04. The lowest BCUT2D eigenvalue weighted by Crippen LogP contribution is -2.35. The van der Waals surface area contributed by atoms with Gasteiger partial charge in [-0.05, 0) is 31.0 Å². The number of anilines is 1. The third kappa shape index (κ3) is 6.42. The minimum atomic E-state index is -4.98. The molecule has 1 N–H and O–H groups in total. The topological polar surface area (TPSA) is 75.7 Å². The molecule has 0 spiro atoms. The van der Waals surface area contributed by atoms with Gasteiger partial charge in [-0.3, -0.25) is 9.59 Å². The van der Waals surface area contributed by atoms with Crippen molar-refractivity contribution in [2.45, 2.75) is 25.1 Å². The molecule has 1 aliphatic heterocycles. The standard InChI is InChI=1S/C17H15Cl2F3N2O4/c18-10-6-11(19)8-12(7-10)23-15(26)9-28-16(27)13-2-1-4-24(13)5-3-14(25)17(20,21)22/h3,5-8,13H,1-2,4,9H2,(H,23,26)/b5-3+/t13-/m0/s1. The number of carbonyl (C=O) groups excluding carboxylic acids is 3. The van der Waals surface area contributed by atoms with Gasteiger partial charge >= 0.3 is 12.1 Å². The van der Waals surface area contributed by atoms with E-state index in [0.29, 0.717) is 34.7 Å². The van der Waals surface area contributed by atoms with Crippen LogP contribution in [0.25, 0.3) is 0 Å². The zero-order valence-corrected chi connectivity index (χ0v) is 15.8. The first-order chi connectivity index (χ1) is 13.1. The second-order valence-corrected chi connectivity index (χ2v) is 6.76. The summed E-state index contributed by atoms with van der Waals surface area (Å²) in [6.45, 7) is -0.312. The maximum absolute atomic E-state index is 12.2. The van der Waals surface area contributed by atoms with Gasteiger partial charge in [0.1, 0.15) is 6.04 Å². The Bertz CT molecular complexity index is 779. The molecule has 0 saturated carbocycles. The van der Waals surface area contributed by atoms with Crippen LogP contribution in [0.2, 0.25) is 10.0 Å². The van der Waals surface area contributed by atoms with E-state index in [1.165, 1.54) is 23.1 Å². The van der Waals surface area contributed by atoms with Gasteiger partial charge < -0.3 is 15.0 Å². The molecule has 0 bridgehead atoms. The van der Waals surface area contributed by atoms with Crippen LogP contribution in [0, 0.1) is 0 Å². The first-order valence-corrected chi connectivity index (χ1v) is 8.79. The number of alkyl halides is 3. The number of halogens is 5. The van der Waals surface area contributed by atoms with Gasteiger partial charge in [-0.15, -0.1) is 0 Å². The number of hydrogen-bond acceptors (Lipinski definition) is 5. The maximum Gasteiger partial charge on any atom is 0.454 e. The Balaban J connectivity index is 1.88. The Labute approximate surface area is 168 Å². The van der Waals surface area contributed by atoms with Gasteiger partial charge in [-0.2, -0.15) is 13.2 Å². The Kier molecular flexibility index (Phi) is 7.31. The normalized spacial score (nSPS) is 17.0. The van der Waals surface area contributed by atoms with Crippen molar-refractivity contribution >= 4 is 46.5 Å². The summed E-state index contributed by atoms with van der Waals surface area (Å²) in [5.41, 5.74) is 0.314. The molecule has 0 radical (unpaired) electrons. The summed E-state index contributed by atoms with van der Waals surface area (Å²) in [4.78, 5) is 36.2. The Hall–Kier alpha value is -2.26. The molecule has 1 aromatic rings. The lowest BCUT2D eigenvalue weighted by atomic mass is 10.2. The van der Waals surface area contributed by atoms with E-state index >= 15 is 0 Å². The van der Waals surface area contributed by atoms with E-state index in [1.54, 1.807) is 0 Å². The predicted molar refractivity (Wildman–Crippen MR) is 96.0 cm³/mol. The number of nitrogens with one attached hydrogen (secondary N) is 1. The minimum absolute atomic E-state index is 0.286. The molecule has 1 atom stereocenters. The quantitative estimate of drug-likeness (QED) is 0.542. The van der Waals surface area contributed by atoms with Crippen molar-refractivity contribution in [1.82, 2.24) is 4.90 Å². The number of hydrogen-bond donors (Lipinski definition) is 1. The van der Waals surface area contributed by atoms with Crippen LogP contribution in [0.3, 0.4) is 0 Å². The van der Waals surface area contributed by atoms with Crippen LogP contribution in [0.1, 0.15) is 12.8 Å². The molecular formula is C17H15Cl2F3N2O4. The summed E-state index contributed by atoms with van der Waals surface area (Å²) in [5.74, 6) is -3.44. The highest BCUT2D eigenvalue weighted by Crippen LogP contribution is 2.23. The number of rotatable bonds is 6. The molecule has 0 unspecified atom stereocenters. The van der Waals surface area contributed by atoms with Crippen LogP contribution in [-0.4, -0.2) is 47.9 Å². The number of allylic oxidation sites excluding steroid dienone is 1. The van der Waals surface area contributed by atoms with Crippen LogP contribution in [0.5, 0.6) is 0 Å². The lowest BCUT2D eigenvalue weighted by Gasteiger charge is -2.21. The molecule has 1 amide bonds. The fraction of sp³-hybridized carbons (Fsp3) is 0.353. The number of ketones is 1. The average Bonchev–Trinajstić information content (AvgIpc) is 3.04. The van der Waals surface area contributed by atoms with Crippen molar-refractivity contribution in [3.63, 3.8) is 0 Å². The van der Waals surface area contributed by atoms with Crippen molar-refractivity contribution in [2.24, 2.45) is 0 Å². The first kappa shape index (κ1) is 22.0. The van der Waals surface area contributed by atoms with Crippen LogP contribution in [0.4, 0.5) is 18.9 Å². The molecule has 11 heteroatoms. The van der Waals surface area contributed by atoms with E-state index in [9.17, 15) is 27.6 Å². The van der Waals surface area contributed by atoms with Gasteiger partial charge in [0.15, 0.2) is 6.61 Å². The summed E-state index contributed by atoms with van der Waals surface area (Å²) in [7, 11) is 0. The Morgan fingerprint density at radius 3 is 2.46 bits per heavy atom. The lowest BCUT2D eigenvalue weighted by molar-refractivity contribution is -0.165. The number of likely N-dealkylation sites (tertiary alicyclic amines) is 1. The van der Waals surface area contributed by atoms with Crippen molar-refractivity contribution in [3.05, 3.63) is 40.5 Å². The summed E-state index contributed by atoms with van der Waals surface area (Å²) < 4.78 is 41.7. The third-order valence-corrected chi connectivity index (χ3v) is 4.19. The van der Waals surface area contributed by atoms with Gasteiger partial charge in [0.05, 0.1) is 0 Å². The summed E-state index contributed by atoms with van der Waals surface area (Å²) in [6, 6.07) is 3.51. The molecule has 1 saturated heterocycles. The monoisotopic (exact) mass is 438 g/mol. The van der Waals surface area contributed by atoms with Crippen LogP contribution < -0.4 is 5.32 Å². The number of amides is 1. The minimum Gasteiger partial charge on any atom is -0.454 e. The number of nitrogens with zero attached hydrogens (tertiary/aromatic N) is 1. The molecular weight excluding hydrogens is 424 g/mol. The van der Waals surface area contributed by atoms with Gasteiger partial charge in [-0.1, -0.05) is 23.2 Å². The molecule has 0 aliphatic carbocycles. The number of ether oxygens (including phenoxy) is 1. The van der Waals surface area contributed by atoms with Gasteiger partial charge in [0.2, 0.25) is 0 Å². The smallest absolute Gasteiger partial charge is 0.454 e. The molecule has 152 valence electrons. The zero-order chi connectivity index (χ0) is 20.9. The number of esters is 1. The van der Waals surface area contributed by atoms with Crippen molar-refractivity contribution in [3.8, 4) is 0 Å². The molecule has 6 nitrogen and oxygen atoms in total. The highest BCUT2D eigenvalue weighted by Gasteiger charge is 2.37. The van der Waals surface area contributed by atoms with Gasteiger partial charge in [-0.25, -0.2) is 4.79 Å². The van der Waals surface area contributed by atoms with E-state index in [0.717, 1.165) is 6.20 Å². The zero-order valence-electron chi connectivity index (χ0n) is 14.3. The molecule has 1 heterocycles. The maximum atomic E-state index is 12.2. The molecule has 0 aromatic heterocycles. The Morgan fingerprint density at radius 2 is 1.86 bits per heavy atom. The van der Waals surface area contributed by atoms with E-state index in [1.807, 2.05) is 0 Å². The highest BCUT2D eigenvalue weighted by molar-refractivity contribution is 6.35. The average molecular weight is 439 g/mol. The van der Waals surface area contributed by atoms with Crippen molar-refractivity contribution in [2.75, 3.05) is 18.5 Å². The fourth-order valence-electron chi connectivity index (χ4n) is 2.53. The fourth-order valence-corrected chi connectivity index (χ4v) is 3.06. The van der Waals surface area contributed by atoms with E-state index in [2.05, 4.69) is 5.32 Å². The second kappa shape index (κ2) is 9.29. The number of carbonyl (C=O) groups is 3. The molecule has 1 fully saturated rings. The molecule has 28 heavy (non-hydrogen) atoms. The molecule has 1 aliphatic rings. The molecule has 2 rings (SSSR count). The SMILES string of the molecule is O=C(COC(=O)[C@@H]1CCCN1/C=C/C(=O)C(F)(F)F)Nc1cc(Cl)cc(Cl)c1. The molecule has 1 aromatic carbocycles. The number of benzene rings is 1. The van der Waals surface area contributed by atoms with Crippen LogP contribution in [0.15, 0.2) is 30.5 Å². The summed E-state index contributed by atoms with van der Waals surface area (Å²) >= 11 is 11.6. The van der Waals surface area contributed by atoms with E-state index < -0.39 is 36.5 Å². The summed E-state index contributed by atoms with van der Waals surface area (Å²) in [6.07, 6.45) is -2.84. The van der Waals surface area contributed by atoms with Gasteiger partial charge in [0, 0.05) is 34.6 Å². The Morgan fingerprint density at radius 1 is 1.21 bits per heavy atom. The largest absolute Gasteiger partial charge is 0.454 e. The van der Waals surface area contributed by atoms with E-state index in [-0.39, 0.29) is 6.54 Å².